The maximum absolute atomic E-state index is 11.1. The molecule has 1 saturated heterocycles. The lowest BCUT2D eigenvalue weighted by Gasteiger charge is -2.35. The van der Waals surface area contributed by atoms with Crippen LogP contribution in [0.4, 0.5) is 5.69 Å². The van der Waals surface area contributed by atoms with E-state index in [4.69, 9.17) is 0 Å². The van der Waals surface area contributed by atoms with Crippen LogP contribution in [0.25, 0.3) is 5.70 Å². The summed E-state index contributed by atoms with van der Waals surface area (Å²) in [6.07, 6.45) is 1.49. The number of nitro groups is 1. The third-order valence-corrected chi connectivity index (χ3v) is 4.90. The van der Waals surface area contributed by atoms with E-state index in [0.717, 1.165) is 38.4 Å². The maximum atomic E-state index is 11.1. The molecular weight excluding hydrogens is 340 g/mol. The van der Waals surface area contributed by atoms with Gasteiger partial charge in [-0.2, -0.15) is 5.26 Å². The molecule has 1 fully saturated rings. The number of hydrogen-bond acceptors (Lipinski definition) is 4. The third-order valence-electron chi connectivity index (χ3n) is 4.90. The molecule has 0 aliphatic carbocycles. The van der Waals surface area contributed by atoms with Gasteiger partial charge >= 0.3 is 0 Å². The lowest BCUT2D eigenvalue weighted by Crippen LogP contribution is -3.13. The van der Waals surface area contributed by atoms with E-state index >= 15 is 0 Å². The van der Waals surface area contributed by atoms with Crippen molar-refractivity contribution in [2.24, 2.45) is 0 Å². The summed E-state index contributed by atoms with van der Waals surface area (Å²) in [5.41, 5.74) is 4.13. The van der Waals surface area contributed by atoms with Crippen LogP contribution in [0.15, 0.2) is 54.6 Å². The SMILES string of the molecule is Cc1cccc(C[NH+]2CCN(/C(=C\C#N)c3cccc([N+](=O)[O-])c3)CC2)c1. The predicted molar refractivity (Wildman–Crippen MR) is 104 cm³/mol. The largest absolute Gasteiger partial charge is 0.359 e. The average molecular weight is 363 g/mol. The van der Waals surface area contributed by atoms with Gasteiger partial charge in [0.25, 0.3) is 5.69 Å². The molecule has 6 heteroatoms. The first-order valence-corrected chi connectivity index (χ1v) is 9.05. The standard InChI is InChI=1S/C21H22N4O2/c1-17-4-2-5-18(14-17)16-23-10-12-24(13-11-23)21(8-9-22)19-6-3-7-20(15-19)25(26)27/h2-8,14-15H,10-13,16H2,1H3/p+1/b21-8-. The molecule has 1 heterocycles. The van der Waals surface area contributed by atoms with Crippen molar-refractivity contribution in [2.75, 3.05) is 26.2 Å². The topological polar surface area (TPSA) is 74.6 Å². The van der Waals surface area contributed by atoms with Gasteiger partial charge in [0.1, 0.15) is 6.54 Å². The van der Waals surface area contributed by atoms with Crippen LogP contribution in [0.3, 0.4) is 0 Å². The van der Waals surface area contributed by atoms with Crippen LogP contribution in [0.5, 0.6) is 0 Å². The molecule has 0 bridgehead atoms. The number of rotatable bonds is 5. The highest BCUT2D eigenvalue weighted by Crippen LogP contribution is 2.23. The van der Waals surface area contributed by atoms with E-state index in [9.17, 15) is 15.4 Å². The van der Waals surface area contributed by atoms with Gasteiger partial charge in [0.05, 0.1) is 42.9 Å². The van der Waals surface area contributed by atoms with Crippen molar-refractivity contribution in [1.82, 2.24) is 4.90 Å². The summed E-state index contributed by atoms with van der Waals surface area (Å²) in [4.78, 5) is 14.3. The minimum atomic E-state index is -0.405. The van der Waals surface area contributed by atoms with Gasteiger partial charge in [-0.1, -0.05) is 42.0 Å². The van der Waals surface area contributed by atoms with Gasteiger partial charge in [-0.15, -0.1) is 0 Å². The quantitative estimate of drug-likeness (QED) is 0.502. The molecule has 1 aliphatic rings. The van der Waals surface area contributed by atoms with Crippen molar-refractivity contribution in [3.05, 3.63) is 81.4 Å². The van der Waals surface area contributed by atoms with E-state index in [0.29, 0.717) is 5.56 Å². The fourth-order valence-electron chi connectivity index (χ4n) is 3.55. The summed E-state index contributed by atoms with van der Waals surface area (Å²) in [5, 5.41) is 20.2. The molecule has 6 nitrogen and oxygen atoms in total. The molecule has 0 spiro atoms. The van der Waals surface area contributed by atoms with E-state index in [1.165, 1.54) is 34.2 Å². The first-order chi connectivity index (χ1) is 13.1. The van der Waals surface area contributed by atoms with Gasteiger partial charge in [-0.3, -0.25) is 10.1 Å². The number of nitro benzene ring substituents is 1. The highest BCUT2D eigenvalue weighted by Gasteiger charge is 2.23. The number of nitrogens with one attached hydrogen (secondary N) is 1. The highest BCUT2D eigenvalue weighted by atomic mass is 16.6. The number of non-ortho nitro benzene ring substituents is 1. The number of nitriles is 1. The van der Waals surface area contributed by atoms with Crippen molar-refractivity contribution < 1.29 is 9.82 Å². The van der Waals surface area contributed by atoms with Crippen molar-refractivity contribution in [3.63, 3.8) is 0 Å². The number of quaternary nitrogens is 1. The Morgan fingerprint density at radius 2 is 2.00 bits per heavy atom. The van der Waals surface area contributed by atoms with E-state index in [1.54, 1.807) is 6.07 Å². The Labute approximate surface area is 159 Å². The maximum Gasteiger partial charge on any atom is 0.270 e. The Kier molecular flexibility index (Phi) is 5.84. The fraction of sp³-hybridized carbons (Fsp3) is 0.286. The second-order valence-corrected chi connectivity index (χ2v) is 6.87. The van der Waals surface area contributed by atoms with Crippen molar-refractivity contribution >= 4 is 11.4 Å². The third kappa shape index (κ3) is 4.72. The van der Waals surface area contributed by atoms with Crippen LogP contribution >= 0.6 is 0 Å². The Bertz CT molecular complexity index is 893. The molecule has 27 heavy (non-hydrogen) atoms. The van der Waals surface area contributed by atoms with Gasteiger partial charge in [0.2, 0.25) is 0 Å². The molecule has 1 aliphatic heterocycles. The molecule has 138 valence electrons. The molecule has 0 aromatic heterocycles. The molecule has 1 N–H and O–H groups in total. The lowest BCUT2D eigenvalue weighted by atomic mass is 10.1. The fourth-order valence-corrected chi connectivity index (χ4v) is 3.55. The minimum Gasteiger partial charge on any atom is -0.359 e. The Balaban J connectivity index is 1.69. The minimum absolute atomic E-state index is 0.0417. The number of nitrogens with zero attached hydrogens (tertiary/aromatic N) is 3. The summed E-state index contributed by atoms with van der Waals surface area (Å²) in [6.45, 7) is 6.66. The van der Waals surface area contributed by atoms with Crippen LogP contribution in [-0.2, 0) is 6.54 Å². The molecule has 0 amide bonds. The van der Waals surface area contributed by atoms with Gasteiger partial charge in [-0.25, -0.2) is 0 Å². The van der Waals surface area contributed by atoms with Crippen LogP contribution in [0.1, 0.15) is 16.7 Å². The number of benzene rings is 2. The molecule has 2 aromatic rings. The summed E-state index contributed by atoms with van der Waals surface area (Å²) >= 11 is 0. The molecule has 2 aromatic carbocycles. The first-order valence-electron chi connectivity index (χ1n) is 9.05. The summed E-state index contributed by atoms with van der Waals surface area (Å²) in [7, 11) is 0. The van der Waals surface area contributed by atoms with E-state index < -0.39 is 4.92 Å². The van der Waals surface area contributed by atoms with Gasteiger partial charge in [0, 0.05) is 29.3 Å². The van der Waals surface area contributed by atoms with Crippen LogP contribution < -0.4 is 4.90 Å². The predicted octanol–water partition coefficient (Wildman–Crippen LogP) is 2.17. The smallest absolute Gasteiger partial charge is 0.270 e. The molecule has 0 saturated carbocycles. The molecular formula is C21H23N4O2+. The van der Waals surface area contributed by atoms with Crippen LogP contribution in [0.2, 0.25) is 0 Å². The zero-order valence-electron chi connectivity index (χ0n) is 15.4. The van der Waals surface area contributed by atoms with E-state index in [2.05, 4.69) is 42.2 Å². The normalized spacial score (nSPS) is 15.4. The molecule has 0 unspecified atom stereocenters. The number of allylic oxidation sites excluding steroid dienone is 1. The zero-order chi connectivity index (χ0) is 19.2. The zero-order valence-corrected chi connectivity index (χ0v) is 15.4. The molecule has 3 rings (SSSR count). The Morgan fingerprint density at radius 1 is 1.26 bits per heavy atom. The number of aryl methyl sites for hydroxylation is 1. The van der Waals surface area contributed by atoms with Crippen LogP contribution in [0, 0.1) is 28.4 Å². The summed E-state index contributed by atoms with van der Waals surface area (Å²) in [5.74, 6) is 0. The monoisotopic (exact) mass is 363 g/mol. The summed E-state index contributed by atoms with van der Waals surface area (Å²) < 4.78 is 0. The second kappa shape index (κ2) is 8.47. The Hall–Kier alpha value is -3.17. The van der Waals surface area contributed by atoms with Gasteiger partial charge < -0.3 is 9.80 Å². The average Bonchev–Trinajstić information content (AvgIpc) is 2.67. The molecule has 0 atom stereocenters. The van der Waals surface area contributed by atoms with Gasteiger partial charge in [-0.05, 0) is 6.92 Å². The van der Waals surface area contributed by atoms with E-state index in [-0.39, 0.29) is 5.69 Å². The van der Waals surface area contributed by atoms with Crippen molar-refractivity contribution in [1.29, 1.82) is 5.26 Å². The van der Waals surface area contributed by atoms with Crippen LogP contribution in [-0.4, -0.2) is 36.0 Å². The molecule has 0 radical (unpaired) electrons. The second-order valence-electron chi connectivity index (χ2n) is 6.87. The van der Waals surface area contributed by atoms with E-state index in [1.807, 2.05) is 6.07 Å². The number of hydrogen-bond donors (Lipinski definition) is 1. The first kappa shape index (κ1) is 18.6. The Morgan fingerprint density at radius 3 is 2.67 bits per heavy atom. The highest BCUT2D eigenvalue weighted by molar-refractivity contribution is 5.68. The van der Waals surface area contributed by atoms with Gasteiger partial charge in [0.15, 0.2) is 0 Å². The summed E-state index contributed by atoms with van der Waals surface area (Å²) in [6, 6.07) is 17.2. The van der Waals surface area contributed by atoms with Crippen molar-refractivity contribution in [2.45, 2.75) is 13.5 Å². The van der Waals surface area contributed by atoms with Crippen molar-refractivity contribution in [3.8, 4) is 6.07 Å². The number of piperazine rings is 1. The lowest BCUT2D eigenvalue weighted by molar-refractivity contribution is -0.917.